The fourth-order valence-corrected chi connectivity index (χ4v) is 2.47. The molecular weight excluding hydrogens is 347 g/mol. The van der Waals surface area contributed by atoms with Crippen LogP contribution in [0.3, 0.4) is 0 Å². The van der Waals surface area contributed by atoms with Crippen LogP contribution in [0, 0.1) is 10.5 Å². The summed E-state index contributed by atoms with van der Waals surface area (Å²) in [5, 5.41) is 4.06. The number of hydrogen-bond donors (Lipinski definition) is 1. The molecule has 0 aliphatic carbocycles. The normalized spacial score (nSPS) is 10.3. The van der Waals surface area contributed by atoms with E-state index in [0.717, 1.165) is 32.0 Å². The number of aromatic nitrogens is 1. The lowest BCUT2D eigenvalue weighted by molar-refractivity contribution is 1.10. The summed E-state index contributed by atoms with van der Waals surface area (Å²) in [4.78, 5) is 4.16. The Morgan fingerprint density at radius 1 is 1.29 bits per heavy atom. The quantitative estimate of drug-likeness (QED) is 0.829. The Bertz CT molecular complexity index is 529. The molecule has 0 fully saturated rings. The van der Waals surface area contributed by atoms with Gasteiger partial charge < -0.3 is 5.32 Å². The van der Waals surface area contributed by atoms with Gasteiger partial charge in [0.05, 0.1) is 10.7 Å². The molecule has 1 aromatic heterocycles. The number of benzene rings is 1. The van der Waals surface area contributed by atoms with E-state index >= 15 is 0 Å². The van der Waals surface area contributed by atoms with Gasteiger partial charge in [0.25, 0.3) is 0 Å². The van der Waals surface area contributed by atoms with Crippen molar-refractivity contribution < 1.29 is 0 Å². The van der Waals surface area contributed by atoms with Gasteiger partial charge in [-0.25, -0.2) is 0 Å². The third-order valence-corrected chi connectivity index (χ3v) is 3.33. The molecule has 0 radical (unpaired) electrons. The van der Waals surface area contributed by atoms with Crippen LogP contribution < -0.4 is 5.32 Å². The van der Waals surface area contributed by atoms with Gasteiger partial charge in [-0.05, 0) is 58.8 Å². The topological polar surface area (TPSA) is 24.9 Å². The largest absolute Gasteiger partial charge is 0.380 e. The first-order chi connectivity index (χ1) is 8.15. The Labute approximate surface area is 120 Å². The van der Waals surface area contributed by atoms with E-state index < -0.39 is 0 Å². The SMILES string of the molecule is Cc1cncc(CNc2ccc(I)cc2Cl)c1. The van der Waals surface area contributed by atoms with Gasteiger partial charge in [0.2, 0.25) is 0 Å². The van der Waals surface area contributed by atoms with Crippen molar-refractivity contribution in [3.63, 3.8) is 0 Å². The molecule has 2 rings (SSSR count). The predicted molar refractivity (Wildman–Crippen MR) is 80.5 cm³/mol. The zero-order chi connectivity index (χ0) is 12.3. The van der Waals surface area contributed by atoms with Gasteiger partial charge in [-0.15, -0.1) is 0 Å². The molecule has 0 saturated carbocycles. The molecule has 0 aliphatic rings. The van der Waals surface area contributed by atoms with Crippen molar-refractivity contribution in [2.24, 2.45) is 0 Å². The second-order valence-corrected chi connectivity index (χ2v) is 5.50. The molecule has 2 aromatic rings. The first-order valence-corrected chi connectivity index (χ1v) is 6.70. The number of rotatable bonds is 3. The standard InChI is InChI=1S/C13H12ClIN2/c1-9-4-10(7-16-6-9)8-17-13-3-2-11(15)5-12(13)14/h2-7,17H,8H2,1H3. The Morgan fingerprint density at radius 3 is 2.82 bits per heavy atom. The molecule has 88 valence electrons. The molecule has 17 heavy (non-hydrogen) atoms. The summed E-state index contributed by atoms with van der Waals surface area (Å²) in [6.45, 7) is 2.77. The molecule has 4 heteroatoms. The molecule has 0 bridgehead atoms. The minimum Gasteiger partial charge on any atom is -0.380 e. The van der Waals surface area contributed by atoms with Crippen LogP contribution in [0.4, 0.5) is 5.69 Å². The Morgan fingerprint density at radius 2 is 2.12 bits per heavy atom. The van der Waals surface area contributed by atoms with E-state index in [0.29, 0.717) is 0 Å². The van der Waals surface area contributed by atoms with E-state index in [2.05, 4.69) is 39.0 Å². The van der Waals surface area contributed by atoms with Crippen molar-refractivity contribution in [1.29, 1.82) is 0 Å². The number of nitrogens with zero attached hydrogens (tertiary/aromatic N) is 1. The molecule has 1 heterocycles. The van der Waals surface area contributed by atoms with Crippen LogP contribution in [0.2, 0.25) is 5.02 Å². The average molecular weight is 359 g/mol. The lowest BCUT2D eigenvalue weighted by atomic mass is 10.2. The van der Waals surface area contributed by atoms with Gasteiger partial charge in [-0.1, -0.05) is 17.7 Å². The highest BCUT2D eigenvalue weighted by atomic mass is 127. The van der Waals surface area contributed by atoms with Crippen LogP contribution in [0.5, 0.6) is 0 Å². The van der Waals surface area contributed by atoms with E-state index in [-0.39, 0.29) is 0 Å². The van der Waals surface area contributed by atoms with Crippen LogP contribution >= 0.6 is 34.2 Å². The molecule has 0 amide bonds. The number of halogens is 2. The second-order valence-electron chi connectivity index (χ2n) is 3.85. The van der Waals surface area contributed by atoms with Crippen LogP contribution in [0.15, 0.2) is 36.7 Å². The molecule has 1 aromatic carbocycles. The van der Waals surface area contributed by atoms with Crippen LogP contribution in [-0.2, 0) is 6.54 Å². The van der Waals surface area contributed by atoms with E-state index in [1.165, 1.54) is 0 Å². The Hall–Kier alpha value is -0.810. The second kappa shape index (κ2) is 5.69. The average Bonchev–Trinajstić information content (AvgIpc) is 2.28. The summed E-state index contributed by atoms with van der Waals surface area (Å²) in [5.41, 5.74) is 3.27. The van der Waals surface area contributed by atoms with Gasteiger partial charge in [0.15, 0.2) is 0 Å². The minimum atomic E-state index is 0.731. The summed E-state index contributed by atoms with van der Waals surface area (Å²) in [5.74, 6) is 0. The van der Waals surface area contributed by atoms with E-state index in [1.54, 1.807) is 0 Å². The first kappa shape index (κ1) is 12.6. The number of nitrogens with one attached hydrogen (secondary N) is 1. The molecule has 0 atom stereocenters. The smallest absolute Gasteiger partial charge is 0.0648 e. The summed E-state index contributed by atoms with van der Waals surface area (Å²) >= 11 is 8.39. The van der Waals surface area contributed by atoms with Gasteiger partial charge >= 0.3 is 0 Å². The molecule has 1 N–H and O–H groups in total. The molecular formula is C13H12ClIN2. The zero-order valence-electron chi connectivity index (χ0n) is 9.37. The third kappa shape index (κ3) is 3.57. The Balaban J connectivity index is 2.07. The minimum absolute atomic E-state index is 0.731. The van der Waals surface area contributed by atoms with Crippen LogP contribution in [0.1, 0.15) is 11.1 Å². The summed E-state index contributed by atoms with van der Waals surface area (Å²) in [7, 11) is 0. The van der Waals surface area contributed by atoms with Gasteiger partial charge in [-0.3, -0.25) is 4.98 Å². The van der Waals surface area contributed by atoms with Crippen molar-refractivity contribution in [2.75, 3.05) is 5.32 Å². The number of hydrogen-bond acceptors (Lipinski definition) is 2. The summed E-state index contributed by atoms with van der Waals surface area (Å²) in [6.07, 6.45) is 3.71. The highest BCUT2D eigenvalue weighted by Crippen LogP contribution is 2.24. The van der Waals surface area contributed by atoms with Crippen molar-refractivity contribution in [1.82, 2.24) is 4.98 Å². The van der Waals surface area contributed by atoms with Gasteiger partial charge in [-0.2, -0.15) is 0 Å². The van der Waals surface area contributed by atoms with E-state index in [9.17, 15) is 0 Å². The summed E-state index contributed by atoms with van der Waals surface area (Å²) in [6, 6.07) is 8.08. The fraction of sp³-hybridized carbons (Fsp3) is 0.154. The predicted octanol–water partition coefficient (Wildman–Crippen LogP) is 4.26. The van der Waals surface area contributed by atoms with Crippen molar-refractivity contribution in [3.05, 3.63) is 56.4 Å². The lowest BCUT2D eigenvalue weighted by Crippen LogP contribution is -2.00. The van der Waals surface area contributed by atoms with Crippen LogP contribution in [0.25, 0.3) is 0 Å². The first-order valence-electron chi connectivity index (χ1n) is 5.24. The fourth-order valence-electron chi connectivity index (χ4n) is 1.54. The number of pyridine rings is 1. The van der Waals surface area contributed by atoms with Crippen molar-refractivity contribution in [2.45, 2.75) is 13.5 Å². The lowest BCUT2D eigenvalue weighted by Gasteiger charge is -2.08. The van der Waals surface area contributed by atoms with Gasteiger partial charge in [0, 0.05) is 22.5 Å². The van der Waals surface area contributed by atoms with Crippen LogP contribution in [-0.4, -0.2) is 4.98 Å². The van der Waals surface area contributed by atoms with E-state index in [4.69, 9.17) is 11.6 Å². The van der Waals surface area contributed by atoms with E-state index in [1.807, 2.05) is 37.5 Å². The molecule has 0 unspecified atom stereocenters. The summed E-state index contributed by atoms with van der Waals surface area (Å²) < 4.78 is 1.13. The highest BCUT2D eigenvalue weighted by Gasteiger charge is 2.01. The highest BCUT2D eigenvalue weighted by molar-refractivity contribution is 14.1. The zero-order valence-corrected chi connectivity index (χ0v) is 12.3. The number of anilines is 1. The molecule has 0 saturated heterocycles. The number of aryl methyl sites for hydroxylation is 1. The maximum Gasteiger partial charge on any atom is 0.0648 e. The monoisotopic (exact) mass is 358 g/mol. The van der Waals surface area contributed by atoms with Crippen molar-refractivity contribution in [3.8, 4) is 0 Å². The molecule has 2 nitrogen and oxygen atoms in total. The Kier molecular flexibility index (Phi) is 4.23. The van der Waals surface area contributed by atoms with Gasteiger partial charge in [0.1, 0.15) is 0 Å². The molecule has 0 spiro atoms. The third-order valence-electron chi connectivity index (χ3n) is 2.35. The molecule has 0 aliphatic heterocycles. The maximum atomic E-state index is 6.14. The van der Waals surface area contributed by atoms with Crippen molar-refractivity contribution >= 4 is 39.9 Å². The maximum absolute atomic E-state index is 6.14.